The molecule has 25 heavy (non-hydrogen) atoms. The van der Waals surface area contributed by atoms with Gasteiger partial charge in [0.1, 0.15) is 6.33 Å². The van der Waals surface area contributed by atoms with Crippen LogP contribution in [0.3, 0.4) is 0 Å². The van der Waals surface area contributed by atoms with Gasteiger partial charge in [-0.3, -0.25) is 4.72 Å². The summed E-state index contributed by atoms with van der Waals surface area (Å²) in [5.74, 6) is 0. The van der Waals surface area contributed by atoms with Gasteiger partial charge in [-0.15, -0.1) is 10.2 Å². The highest BCUT2D eigenvalue weighted by molar-refractivity contribution is 7.99. The fraction of sp³-hybridized carbons (Fsp3) is 0.176. The van der Waals surface area contributed by atoms with Crippen LogP contribution in [0.5, 0.6) is 0 Å². The summed E-state index contributed by atoms with van der Waals surface area (Å²) >= 11 is 1.46. The lowest BCUT2D eigenvalue weighted by Crippen LogP contribution is -2.14. The Hall–Kier alpha value is -2.32. The average molecular weight is 374 g/mol. The number of aryl methyl sites for hydroxylation is 3. The predicted octanol–water partition coefficient (Wildman–Crippen LogP) is 3.38. The quantitative estimate of drug-likeness (QED) is 0.741. The molecule has 0 saturated carbocycles. The molecule has 0 unspecified atom stereocenters. The standard InChI is InChI=1S/C17H18N4O2S2/c1-12-4-9-16(13(2)10-12)25(22,23)20-14-5-7-15(8-6-14)24-17-19-18-11-21(17)3/h4-11,20H,1-3H3. The molecule has 6 nitrogen and oxygen atoms in total. The Kier molecular flexibility index (Phi) is 4.82. The lowest BCUT2D eigenvalue weighted by atomic mass is 10.2. The summed E-state index contributed by atoms with van der Waals surface area (Å²) in [5.41, 5.74) is 2.27. The van der Waals surface area contributed by atoms with E-state index in [9.17, 15) is 8.42 Å². The Balaban J connectivity index is 1.77. The number of anilines is 1. The van der Waals surface area contributed by atoms with Crippen molar-refractivity contribution in [1.82, 2.24) is 14.8 Å². The summed E-state index contributed by atoms with van der Waals surface area (Å²) in [5, 5.41) is 8.61. The van der Waals surface area contributed by atoms with E-state index in [1.54, 1.807) is 37.5 Å². The number of hydrogen-bond acceptors (Lipinski definition) is 5. The highest BCUT2D eigenvalue weighted by Crippen LogP contribution is 2.27. The van der Waals surface area contributed by atoms with Crippen molar-refractivity contribution >= 4 is 27.5 Å². The van der Waals surface area contributed by atoms with Crippen LogP contribution in [0.15, 0.2) is 63.7 Å². The molecule has 3 rings (SSSR count). The minimum absolute atomic E-state index is 0.288. The van der Waals surface area contributed by atoms with E-state index in [-0.39, 0.29) is 4.90 Å². The number of rotatable bonds is 5. The summed E-state index contributed by atoms with van der Waals surface area (Å²) in [7, 11) is -1.74. The summed E-state index contributed by atoms with van der Waals surface area (Å²) in [6.07, 6.45) is 1.63. The molecule has 0 aliphatic heterocycles. The van der Waals surface area contributed by atoms with Crippen molar-refractivity contribution in [3.05, 3.63) is 59.9 Å². The Bertz CT molecular complexity index is 996. The van der Waals surface area contributed by atoms with Gasteiger partial charge in [-0.2, -0.15) is 0 Å². The van der Waals surface area contributed by atoms with Crippen LogP contribution in [0, 0.1) is 13.8 Å². The van der Waals surface area contributed by atoms with Gasteiger partial charge in [-0.25, -0.2) is 8.42 Å². The molecule has 0 radical (unpaired) electrons. The fourth-order valence-corrected chi connectivity index (χ4v) is 4.42. The van der Waals surface area contributed by atoms with Crippen LogP contribution in [0.25, 0.3) is 0 Å². The molecule has 0 aliphatic rings. The van der Waals surface area contributed by atoms with E-state index >= 15 is 0 Å². The summed E-state index contributed by atoms with van der Waals surface area (Å²) in [4.78, 5) is 1.24. The van der Waals surface area contributed by atoms with Gasteiger partial charge in [-0.05, 0) is 61.5 Å². The van der Waals surface area contributed by atoms with Crippen molar-refractivity contribution in [2.24, 2.45) is 7.05 Å². The Morgan fingerprint density at radius 3 is 2.40 bits per heavy atom. The number of sulfonamides is 1. The van der Waals surface area contributed by atoms with Crippen LogP contribution in [0.1, 0.15) is 11.1 Å². The third kappa shape index (κ3) is 4.02. The molecule has 1 aromatic heterocycles. The maximum atomic E-state index is 12.6. The van der Waals surface area contributed by atoms with Gasteiger partial charge in [0.05, 0.1) is 4.90 Å². The second kappa shape index (κ2) is 6.89. The molecule has 3 aromatic rings. The highest BCUT2D eigenvalue weighted by Gasteiger charge is 2.17. The molecule has 0 bridgehead atoms. The number of aromatic nitrogens is 3. The van der Waals surface area contributed by atoms with E-state index in [2.05, 4.69) is 14.9 Å². The van der Waals surface area contributed by atoms with Crippen LogP contribution in [0.4, 0.5) is 5.69 Å². The third-order valence-electron chi connectivity index (χ3n) is 3.61. The van der Waals surface area contributed by atoms with Gasteiger partial charge in [-0.1, -0.05) is 17.7 Å². The number of nitrogens with zero attached hydrogens (tertiary/aromatic N) is 3. The first-order chi connectivity index (χ1) is 11.8. The van der Waals surface area contributed by atoms with Crippen LogP contribution in [0.2, 0.25) is 0 Å². The number of hydrogen-bond donors (Lipinski definition) is 1. The second-order valence-corrected chi connectivity index (χ2v) is 8.42. The van der Waals surface area contributed by atoms with Crippen molar-refractivity contribution in [3.63, 3.8) is 0 Å². The van der Waals surface area contributed by atoms with E-state index in [0.717, 1.165) is 21.2 Å². The van der Waals surface area contributed by atoms with Crippen molar-refractivity contribution in [2.45, 2.75) is 28.8 Å². The maximum Gasteiger partial charge on any atom is 0.262 e. The lowest BCUT2D eigenvalue weighted by molar-refractivity contribution is 0.600. The van der Waals surface area contributed by atoms with Crippen LogP contribution < -0.4 is 4.72 Å². The van der Waals surface area contributed by atoms with Crippen molar-refractivity contribution in [1.29, 1.82) is 0 Å². The number of benzene rings is 2. The monoisotopic (exact) mass is 374 g/mol. The molecule has 1 N–H and O–H groups in total. The first kappa shape index (κ1) is 17.5. The first-order valence-corrected chi connectivity index (χ1v) is 9.87. The largest absolute Gasteiger partial charge is 0.311 e. The minimum Gasteiger partial charge on any atom is -0.311 e. The summed E-state index contributed by atoms with van der Waals surface area (Å²) in [6.45, 7) is 3.73. The van der Waals surface area contributed by atoms with Crippen LogP contribution >= 0.6 is 11.8 Å². The maximum absolute atomic E-state index is 12.6. The Morgan fingerprint density at radius 1 is 1.08 bits per heavy atom. The Morgan fingerprint density at radius 2 is 1.80 bits per heavy atom. The third-order valence-corrected chi connectivity index (χ3v) is 6.21. The molecule has 0 aliphatic carbocycles. The van der Waals surface area contributed by atoms with E-state index < -0.39 is 10.0 Å². The van der Waals surface area contributed by atoms with Gasteiger partial charge in [0.2, 0.25) is 0 Å². The first-order valence-electron chi connectivity index (χ1n) is 7.57. The zero-order valence-electron chi connectivity index (χ0n) is 14.1. The zero-order chi connectivity index (χ0) is 18.0. The van der Waals surface area contributed by atoms with E-state index in [1.807, 2.05) is 36.7 Å². The molecule has 0 atom stereocenters. The molecule has 0 amide bonds. The van der Waals surface area contributed by atoms with Gasteiger partial charge in [0.25, 0.3) is 10.0 Å². The van der Waals surface area contributed by atoms with E-state index in [4.69, 9.17) is 0 Å². The van der Waals surface area contributed by atoms with E-state index in [1.165, 1.54) is 11.8 Å². The lowest BCUT2D eigenvalue weighted by Gasteiger charge is -2.11. The van der Waals surface area contributed by atoms with Crippen molar-refractivity contribution in [3.8, 4) is 0 Å². The van der Waals surface area contributed by atoms with Gasteiger partial charge >= 0.3 is 0 Å². The molecule has 2 aromatic carbocycles. The molecular formula is C17H18N4O2S2. The normalized spacial score (nSPS) is 11.5. The van der Waals surface area contributed by atoms with E-state index in [0.29, 0.717) is 5.69 Å². The molecule has 130 valence electrons. The Labute approximate surface area is 151 Å². The molecule has 0 saturated heterocycles. The van der Waals surface area contributed by atoms with Gasteiger partial charge in [0.15, 0.2) is 5.16 Å². The second-order valence-electron chi connectivity index (χ2n) is 5.73. The van der Waals surface area contributed by atoms with Crippen LogP contribution in [-0.2, 0) is 17.1 Å². The predicted molar refractivity (Wildman–Crippen MR) is 98.3 cm³/mol. The zero-order valence-corrected chi connectivity index (χ0v) is 15.7. The molecule has 1 heterocycles. The van der Waals surface area contributed by atoms with Gasteiger partial charge in [0, 0.05) is 17.6 Å². The smallest absolute Gasteiger partial charge is 0.262 e. The van der Waals surface area contributed by atoms with Crippen molar-refractivity contribution in [2.75, 3.05) is 4.72 Å². The number of nitrogens with one attached hydrogen (secondary N) is 1. The van der Waals surface area contributed by atoms with Crippen molar-refractivity contribution < 1.29 is 8.42 Å². The fourth-order valence-electron chi connectivity index (χ4n) is 2.37. The molecular weight excluding hydrogens is 356 g/mol. The highest BCUT2D eigenvalue weighted by atomic mass is 32.2. The summed E-state index contributed by atoms with van der Waals surface area (Å²) in [6, 6.07) is 12.4. The van der Waals surface area contributed by atoms with Crippen LogP contribution in [-0.4, -0.2) is 23.2 Å². The topological polar surface area (TPSA) is 76.9 Å². The molecule has 0 fully saturated rings. The molecule has 0 spiro atoms. The van der Waals surface area contributed by atoms with Gasteiger partial charge < -0.3 is 4.57 Å². The minimum atomic E-state index is -3.61. The average Bonchev–Trinajstić information content (AvgIpc) is 2.93. The molecule has 8 heteroatoms. The SMILES string of the molecule is Cc1ccc(S(=O)(=O)Nc2ccc(Sc3nncn3C)cc2)c(C)c1. The summed E-state index contributed by atoms with van der Waals surface area (Å²) < 4.78 is 29.6.